The predicted molar refractivity (Wildman–Crippen MR) is 68.9 cm³/mol. The molecule has 19 heavy (non-hydrogen) atoms. The molecule has 1 aliphatic carbocycles. The highest BCUT2D eigenvalue weighted by Crippen LogP contribution is 2.32. The lowest BCUT2D eigenvalue weighted by Gasteiger charge is -2.16. The third-order valence-corrected chi connectivity index (χ3v) is 3.23. The number of nitrogens with zero attached hydrogens (tertiary/aromatic N) is 1. The maximum absolute atomic E-state index is 11.8. The zero-order valence-corrected chi connectivity index (χ0v) is 11.4. The van der Waals surface area contributed by atoms with E-state index in [0.29, 0.717) is 18.4 Å². The number of rotatable bonds is 3. The summed E-state index contributed by atoms with van der Waals surface area (Å²) >= 11 is 0. The molecular formula is C14H19NO4. The number of methoxy groups -OCH3 is 1. The first kappa shape index (κ1) is 15.2. The highest BCUT2D eigenvalue weighted by Gasteiger charge is 2.30. The summed E-state index contributed by atoms with van der Waals surface area (Å²) in [7, 11) is 1.33. The fraction of sp³-hybridized carbons (Fsp3) is 0.643. The standard InChI is InChI=1S/C14H19NO4/c1-4-19-14(17)12(15-2)10-8-6-5-7-9-11(10)13(16)18-3/h11H,4-9H2,1,3H3/b12-10+. The Balaban J connectivity index is 3.15. The molecule has 5 heteroatoms. The van der Waals surface area contributed by atoms with E-state index in [1.54, 1.807) is 6.92 Å². The number of hydrogen-bond acceptors (Lipinski definition) is 4. The maximum atomic E-state index is 11.8. The third-order valence-electron chi connectivity index (χ3n) is 3.23. The Bertz CT molecular complexity index is 420. The van der Waals surface area contributed by atoms with Crippen molar-refractivity contribution in [1.29, 1.82) is 0 Å². The number of carbonyl (C=O) groups is 2. The average Bonchev–Trinajstić information content (AvgIpc) is 2.65. The molecule has 0 radical (unpaired) electrons. The van der Waals surface area contributed by atoms with E-state index in [1.807, 2.05) is 0 Å². The van der Waals surface area contributed by atoms with Crippen molar-refractivity contribution in [2.75, 3.05) is 13.7 Å². The van der Waals surface area contributed by atoms with Crippen molar-refractivity contribution in [1.82, 2.24) is 0 Å². The normalized spacial score (nSPS) is 21.8. The van der Waals surface area contributed by atoms with Crippen molar-refractivity contribution < 1.29 is 19.1 Å². The van der Waals surface area contributed by atoms with Crippen LogP contribution in [0.5, 0.6) is 0 Å². The van der Waals surface area contributed by atoms with E-state index in [0.717, 1.165) is 19.3 Å². The van der Waals surface area contributed by atoms with Crippen LogP contribution >= 0.6 is 0 Å². The first-order valence-corrected chi connectivity index (χ1v) is 6.51. The Labute approximate surface area is 113 Å². The highest BCUT2D eigenvalue weighted by atomic mass is 16.5. The van der Waals surface area contributed by atoms with Crippen LogP contribution in [-0.2, 0) is 19.1 Å². The summed E-state index contributed by atoms with van der Waals surface area (Å²) in [6.07, 6.45) is 3.97. The van der Waals surface area contributed by atoms with Gasteiger partial charge in [-0.3, -0.25) is 9.59 Å². The van der Waals surface area contributed by atoms with E-state index in [4.69, 9.17) is 16.0 Å². The van der Waals surface area contributed by atoms with Gasteiger partial charge in [0.1, 0.15) is 0 Å². The highest BCUT2D eigenvalue weighted by molar-refractivity contribution is 5.93. The molecule has 0 bridgehead atoms. The van der Waals surface area contributed by atoms with E-state index < -0.39 is 11.9 Å². The maximum Gasteiger partial charge on any atom is 0.336 e. The fourth-order valence-electron chi connectivity index (χ4n) is 2.32. The van der Waals surface area contributed by atoms with E-state index in [1.165, 1.54) is 7.11 Å². The fourth-order valence-corrected chi connectivity index (χ4v) is 2.32. The molecule has 1 aliphatic rings. The van der Waals surface area contributed by atoms with Gasteiger partial charge in [-0.05, 0) is 25.3 Å². The van der Waals surface area contributed by atoms with Crippen molar-refractivity contribution in [3.8, 4) is 0 Å². The van der Waals surface area contributed by atoms with Gasteiger partial charge in [0.2, 0.25) is 0 Å². The van der Waals surface area contributed by atoms with Crippen LogP contribution in [-0.4, -0.2) is 25.7 Å². The van der Waals surface area contributed by atoms with Crippen LogP contribution < -0.4 is 0 Å². The molecule has 0 saturated heterocycles. The van der Waals surface area contributed by atoms with Crippen molar-refractivity contribution in [2.45, 2.75) is 39.0 Å². The molecule has 0 spiro atoms. The molecule has 0 aromatic rings. The lowest BCUT2D eigenvalue weighted by molar-refractivity contribution is -0.144. The van der Waals surface area contributed by atoms with Gasteiger partial charge in [0.15, 0.2) is 0 Å². The Hall–Kier alpha value is -1.83. The van der Waals surface area contributed by atoms with Crippen LogP contribution in [0.15, 0.2) is 11.3 Å². The Kier molecular flexibility index (Phi) is 6.07. The molecule has 0 aromatic carbocycles. The minimum Gasteiger partial charge on any atom is -0.471 e. The summed E-state index contributed by atoms with van der Waals surface area (Å²) in [4.78, 5) is 26.9. The van der Waals surface area contributed by atoms with E-state index in [2.05, 4.69) is 4.85 Å². The Morgan fingerprint density at radius 3 is 2.68 bits per heavy atom. The van der Waals surface area contributed by atoms with Gasteiger partial charge < -0.3 is 9.47 Å². The van der Waals surface area contributed by atoms with Gasteiger partial charge in [0.05, 0.1) is 26.2 Å². The minimum atomic E-state index is -0.636. The molecule has 0 aliphatic heterocycles. The number of hydrogen-bond donors (Lipinski definition) is 0. The van der Waals surface area contributed by atoms with Crippen molar-refractivity contribution in [3.05, 3.63) is 22.7 Å². The van der Waals surface area contributed by atoms with Crippen molar-refractivity contribution in [3.63, 3.8) is 0 Å². The molecule has 1 rings (SSSR count). The summed E-state index contributed by atoms with van der Waals surface area (Å²) in [6, 6.07) is 0. The van der Waals surface area contributed by atoms with Gasteiger partial charge in [-0.25, -0.2) is 4.85 Å². The first-order valence-electron chi connectivity index (χ1n) is 6.51. The van der Waals surface area contributed by atoms with Gasteiger partial charge >= 0.3 is 11.9 Å². The van der Waals surface area contributed by atoms with Crippen LogP contribution in [0.2, 0.25) is 0 Å². The number of ether oxygens (including phenoxy) is 2. The number of carbonyl (C=O) groups excluding carboxylic acids is 2. The van der Waals surface area contributed by atoms with Gasteiger partial charge in [-0.2, -0.15) is 0 Å². The van der Waals surface area contributed by atoms with Crippen LogP contribution in [0.25, 0.3) is 4.85 Å². The SMILES string of the molecule is [C-]#[N+]/C(C(=O)OCC)=C1\CCCCCC1C(=O)OC. The second-order valence-corrected chi connectivity index (χ2v) is 4.38. The molecule has 0 aromatic heterocycles. The van der Waals surface area contributed by atoms with Gasteiger partial charge in [-0.1, -0.05) is 19.3 Å². The van der Waals surface area contributed by atoms with E-state index in [9.17, 15) is 9.59 Å². The lowest BCUT2D eigenvalue weighted by Crippen LogP contribution is -2.21. The monoisotopic (exact) mass is 265 g/mol. The second kappa shape index (κ2) is 7.57. The molecule has 0 amide bonds. The largest absolute Gasteiger partial charge is 0.471 e. The Morgan fingerprint density at radius 1 is 1.37 bits per heavy atom. The molecule has 1 unspecified atom stereocenters. The molecule has 1 atom stereocenters. The quantitative estimate of drug-likeness (QED) is 0.340. The average molecular weight is 265 g/mol. The van der Waals surface area contributed by atoms with Gasteiger partial charge in [0.25, 0.3) is 5.70 Å². The van der Waals surface area contributed by atoms with Gasteiger partial charge in [0, 0.05) is 0 Å². The molecule has 1 saturated carbocycles. The topological polar surface area (TPSA) is 57.0 Å². The summed E-state index contributed by atoms with van der Waals surface area (Å²) in [5.41, 5.74) is 0.539. The van der Waals surface area contributed by atoms with Gasteiger partial charge in [-0.15, -0.1) is 0 Å². The smallest absolute Gasteiger partial charge is 0.336 e. The van der Waals surface area contributed by atoms with Crippen molar-refractivity contribution >= 4 is 11.9 Å². The van der Waals surface area contributed by atoms with Crippen LogP contribution in [0.4, 0.5) is 0 Å². The second-order valence-electron chi connectivity index (χ2n) is 4.38. The van der Waals surface area contributed by atoms with Crippen LogP contribution in [0.3, 0.4) is 0 Å². The molecule has 5 nitrogen and oxygen atoms in total. The molecule has 0 heterocycles. The summed E-state index contributed by atoms with van der Waals surface area (Å²) in [6.45, 7) is 9.08. The Morgan fingerprint density at radius 2 is 2.11 bits per heavy atom. The minimum absolute atomic E-state index is 0.0425. The number of esters is 2. The van der Waals surface area contributed by atoms with Crippen molar-refractivity contribution in [2.24, 2.45) is 5.92 Å². The zero-order valence-electron chi connectivity index (χ0n) is 11.4. The molecule has 104 valence electrons. The summed E-state index contributed by atoms with van der Waals surface area (Å²) in [5.74, 6) is -1.49. The summed E-state index contributed by atoms with van der Waals surface area (Å²) < 4.78 is 9.67. The van der Waals surface area contributed by atoms with Crippen LogP contribution in [0.1, 0.15) is 39.0 Å². The molecule has 1 fully saturated rings. The summed E-state index contributed by atoms with van der Waals surface area (Å²) in [5, 5.41) is 0. The molecular weight excluding hydrogens is 246 g/mol. The van der Waals surface area contributed by atoms with Crippen LogP contribution in [0, 0.1) is 12.5 Å². The van der Waals surface area contributed by atoms with E-state index in [-0.39, 0.29) is 18.3 Å². The molecule has 0 N–H and O–H groups in total. The third kappa shape index (κ3) is 3.82. The van der Waals surface area contributed by atoms with E-state index >= 15 is 0 Å². The lowest BCUT2D eigenvalue weighted by atomic mass is 9.92. The zero-order chi connectivity index (χ0) is 14.3. The predicted octanol–water partition coefficient (Wildman–Crippen LogP) is 2.48. The first-order chi connectivity index (χ1) is 9.15.